The zero-order valence-corrected chi connectivity index (χ0v) is 41.2. The first-order chi connectivity index (χ1) is 18.9. The molecule has 1 N–H and O–H groups in total. The van der Waals surface area contributed by atoms with E-state index in [0.717, 1.165) is 0 Å². The topological polar surface area (TPSA) is 293 Å². The summed E-state index contributed by atoms with van der Waals surface area (Å²) < 4.78 is 64.0. The number of hydrogen-bond acceptors (Lipinski definition) is 17. The molecule has 7 unspecified atom stereocenters. The van der Waals surface area contributed by atoms with Crippen LogP contribution in [0.2, 0.25) is 0 Å². The number of phosphoric acid groups is 3. The number of ether oxygens (including phenoxy) is 3. The molecule has 1 fully saturated rings. The van der Waals surface area contributed by atoms with Crippen molar-refractivity contribution in [3.63, 3.8) is 0 Å². The Labute approximate surface area is 384 Å². The third-order valence-corrected chi connectivity index (χ3v) is 6.74. The molecule has 18 nitrogen and oxygen atoms in total. The molecule has 1 saturated carbocycles. The van der Waals surface area contributed by atoms with Crippen molar-refractivity contribution in [2.45, 2.75) is 97.4 Å². The molecule has 1 rings (SSSR count). The Kier molecular flexibility index (Phi) is 33.9. The van der Waals surface area contributed by atoms with Crippen LogP contribution in [0, 0.1) is 17.8 Å². The molecule has 0 bridgehead atoms. The monoisotopic (exact) mass is 782 g/mol. The van der Waals surface area contributed by atoms with Crippen molar-refractivity contribution in [3.05, 3.63) is 0 Å². The smallest absolute Gasteiger partial charge is 0.790 e. The minimum Gasteiger partial charge on any atom is -0.790 e. The quantitative estimate of drug-likeness (QED) is 0.0698. The zero-order chi connectivity index (χ0) is 32.8. The van der Waals surface area contributed by atoms with Crippen LogP contribution in [0.15, 0.2) is 0 Å². The first-order valence-corrected chi connectivity index (χ1v) is 17.0. The van der Waals surface area contributed by atoms with Crippen LogP contribution < -0.4 is 172 Å². The summed E-state index contributed by atoms with van der Waals surface area (Å²) in [5.41, 5.74) is 0. The van der Waals surface area contributed by atoms with Gasteiger partial charge in [0.15, 0.2) is 18.3 Å². The van der Waals surface area contributed by atoms with Gasteiger partial charge >= 0.3 is 166 Å². The van der Waals surface area contributed by atoms with Gasteiger partial charge in [-0.1, -0.05) is 41.5 Å². The Bertz CT molecular complexity index is 1040. The van der Waals surface area contributed by atoms with E-state index in [1.165, 1.54) is 0 Å². The normalized spacial score (nSPS) is 23.8. The molecular formula is C21H34Na5O18P3. The van der Waals surface area contributed by atoms with Gasteiger partial charge in [0, 0.05) is 19.3 Å². The molecule has 0 aromatic heterocycles. The molecule has 0 aromatic carbocycles. The van der Waals surface area contributed by atoms with Gasteiger partial charge < -0.3 is 66.3 Å². The predicted molar refractivity (Wildman–Crippen MR) is 128 cm³/mol. The summed E-state index contributed by atoms with van der Waals surface area (Å²) in [7, 11) is -18.6. The molecule has 0 amide bonds. The van der Waals surface area contributed by atoms with Gasteiger partial charge in [-0.25, -0.2) is 0 Å². The molecule has 0 aromatic rings. The Hall–Kier alpha value is 3.74. The summed E-state index contributed by atoms with van der Waals surface area (Å²) >= 11 is 0. The first-order valence-electron chi connectivity index (χ1n) is 12.6. The Morgan fingerprint density at radius 2 is 0.723 bits per heavy atom. The van der Waals surface area contributed by atoms with Crippen molar-refractivity contribution in [2.75, 3.05) is 0 Å². The van der Waals surface area contributed by atoms with Crippen molar-refractivity contribution in [2.24, 2.45) is 17.8 Å². The van der Waals surface area contributed by atoms with Gasteiger partial charge in [-0.3, -0.25) is 18.9 Å². The summed E-state index contributed by atoms with van der Waals surface area (Å²) in [5, 5.41) is 0. The van der Waals surface area contributed by atoms with Gasteiger partial charge in [-0.15, -0.1) is 0 Å². The molecule has 47 heavy (non-hydrogen) atoms. The Morgan fingerprint density at radius 3 is 0.936 bits per heavy atom. The standard InChI is InChI=1S/C21H39O18P3.5Na/c1-10(2)7-13(22)34-16-17(35-14(23)8-11(3)4)19(37-40(25,26)27)21(39-42(31,32)33)20(38-41(28,29)30)18(16)36-15(24)9-12(5)6;;;;;/h10-12,16-21H,7-9H2,1-6H3,(H2,25,26,27)(H2,28,29,30)(H2,31,32,33);;;;;/q;5*+1/p-5. The Balaban J connectivity index is -0.00000118. The van der Waals surface area contributed by atoms with Crippen molar-refractivity contribution in [1.29, 1.82) is 0 Å². The van der Waals surface area contributed by atoms with E-state index in [1.54, 1.807) is 41.5 Å². The van der Waals surface area contributed by atoms with Crippen LogP contribution in [0.3, 0.4) is 0 Å². The second-order valence-electron chi connectivity index (χ2n) is 10.7. The third-order valence-electron chi connectivity index (χ3n) is 5.23. The molecule has 1 aliphatic carbocycles. The largest absolute Gasteiger partial charge is 1.00 e. The van der Waals surface area contributed by atoms with E-state index >= 15 is 0 Å². The van der Waals surface area contributed by atoms with E-state index in [1.807, 2.05) is 0 Å². The molecule has 1 aliphatic rings. The maximum absolute atomic E-state index is 12.7. The summed E-state index contributed by atoms with van der Waals surface area (Å²) in [4.78, 5) is 106. The fraction of sp³-hybridized carbons (Fsp3) is 0.857. The van der Waals surface area contributed by atoms with Crippen molar-refractivity contribution < 1.29 is 233 Å². The van der Waals surface area contributed by atoms with E-state index in [-0.39, 0.29) is 173 Å². The molecule has 0 saturated heterocycles. The zero-order valence-electron chi connectivity index (χ0n) is 28.5. The number of carbonyl (C=O) groups is 3. The molecule has 0 heterocycles. The number of hydrogen-bond donors (Lipinski definition) is 1. The maximum Gasteiger partial charge on any atom is 1.00 e. The predicted octanol–water partition coefficient (Wildman–Crippen LogP) is -16.8. The fourth-order valence-electron chi connectivity index (χ4n) is 3.94. The minimum atomic E-state index is -6.29. The van der Waals surface area contributed by atoms with Gasteiger partial charge in [0.1, 0.15) is 18.3 Å². The van der Waals surface area contributed by atoms with Gasteiger partial charge in [-0.05, 0) is 17.8 Å². The molecule has 26 heteroatoms. The first kappa shape index (κ1) is 60.0. The maximum atomic E-state index is 12.7. The summed E-state index contributed by atoms with van der Waals surface area (Å²) in [6, 6.07) is 0. The Morgan fingerprint density at radius 1 is 0.511 bits per heavy atom. The fourth-order valence-corrected chi connectivity index (χ4v) is 5.56. The van der Waals surface area contributed by atoms with Crippen LogP contribution in [0.25, 0.3) is 0 Å². The van der Waals surface area contributed by atoms with Crippen LogP contribution >= 0.6 is 23.5 Å². The summed E-state index contributed by atoms with van der Waals surface area (Å²) in [5.74, 6) is -4.60. The van der Waals surface area contributed by atoms with E-state index in [4.69, 9.17) is 14.2 Å². The van der Waals surface area contributed by atoms with Crippen molar-refractivity contribution in [1.82, 2.24) is 0 Å². The summed E-state index contributed by atoms with van der Waals surface area (Å²) in [6.45, 7) is 9.40. The average Bonchev–Trinajstić information content (AvgIpc) is 2.71. The third kappa shape index (κ3) is 25.5. The van der Waals surface area contributed by atoms with Gasteiger partial charge in [0.2, 0.25) is 0 Å². The van der Waals surface area contributed by atoms with E-state index in [0.29, 0.717) is 0 Å². The van der Waals surface area contributed by atoms with Gasteiger partial charge in [0.05, 0.1) is 15.6 Å². The SMILES string of the molecule is CC(C)CC(=O)OC1C(OC(=O)CC(C)C)C(OP(=O)([O-])[O-])C(OP(=O)([O-])[O-])C(OP(=O)([O-])O)C1OC(=O)CC(C)C.[Na+].[Na+].[Na+].[Na+].[Na+]. The van der Waals surface area contributed by atoms with Crippen LogP contribution in [0.1, 0.15) is 60.8 Å². The second-order valence-corrected chi connectivity index (χ2v) is 14.1. The van der Waals surface area contributed by atoms with E-state index in [2.05, 4.69) is 13.6 Å². The number of rotatable bonds is 15. The molecule has 246 valence electrons. The number of phosphoric ester groups is 3. The van der Waals surface area contributed by atoms with Crippen LogP contribution in [-0.2, 0) is 55.9 Å². The second kappa shape index (κ2) is 26.5. The van der Waals surface area contributed by atoms with Gasteiger partial charge in [0.25, 0.3) is 7.82 Å². The van der Waals surface area contributed by atoms with Crippen LogP contribution in [-0.4, -0.2) is 59.4 Å². The van der Waals surface area contributed by atoms with Crippen molar-refractivity contribution >= 4 is 41.4 Å². The average molecular weight is 782 g/mol. The van der Waals surface area contributed by atoms with Crippen LogP contribution in [0.5, 0.6) is 0 Å². The molecule has 7 atom stereocenters. The molecule has 0 spiro atoms. The van der Waals surface area contributed by atoms with E-state index in [9.17, 15) is 57.4 Å². The summed E-state index contributed by atoms with van der Waals surface area (Å²) in [6.07, 6.45) is -16.4. The minimum absolute atomic E-state index is 0. The van der Waals surface area contributed by atoms with E-state index < -0.39 is 89.8 Å². The van der Waals surface area contributed by atoms with Crippen LogP contribution in [0.4, 0.5) is 0 Å². The number of esters is 3. The van der Waals surface area contributed by atoms with Gasteiger partial charge in [-0.2, -0.15) is 0 Å². The molecular weight excluding hydrogens is 748 g/mol. The molecule has 0 aliphatic heterocycles. The van der Waals surface area contributed by atoms with Crippen molar-refractivity contribution in [3.8, 4) is 0 Å². The molecule has 0 radical (unpaired) electrons. The number of carbonyl (C=O) groups excluding carboxylic acids is 3.